The van der Waals surface area contributed by atoms with Crippen molar-refractivity contribution in [3.05, 3.63) is 70.2 Å². The zero-order valence-electron chi connectivity index (χ0n) is 13.7. The Morgan fingerprint density at radius 1 is 1.15 bits per heavy atom. The molecule has 0 radical (unpaired) electrons. The van der Waals surface area contributed by atoms with Gasteiger partial charge in [-0.15, -0.1) is 0 Å². The molecule has 3 rings (SSSR count). The van der Waals surface area contributed by atoms with Gasteiger partial charge in [-0.05, 0) is 43.3 Å². The quantitative estimate of drug-likeness (QED) is 0.424. The van der Waals surface area contributed by atoms with Crippen LogP contribution in [0.15, 0.2) is 48.5 Å². The molecule has 2 aromatic carbocycles. The third-order valence-corrected chi connectivity index (χ3v) is 3.65. The highest BCUT2D eigenvalue weighted by molar-refractivity contribution is 5.95. The first-order valence-corrected chi connectivity index (χ1v) is 7.77. The molecule has 26 heavy (non-hydrogen) atoms. The number of nitrogens with zero attached hydrogens (tertiary/aromatic N) is 2. The van der Waals surface area contributed by atoms with E-state index in [1.807, 2.05) is 0 Å². The summed E-state index contributed by atoms with van der Waals surface area (Å²) < 4.78 is 18.2. The van der Waals surface area contributed by atoms with Gasteiger partial charge in [0.2, 0.25) is 0 Å². The van der Waals surface area contributed by atoms with Gasteiger partial charge >= 0.3 is 5.97 Å². The number of H-pyrrole nitrogens is 1. The molecule has 0 aliphatic carbocycles. The fraction of sp³-hybridized carbons (Fsp3) is 0.111. The summed E-state index contributed by atoms with van der Waals surface area (Å²) in [5.74, 6) is -0.646. The van der Waals surface area contributed by atoms with Crippen LogP contribution in [0.3, 0.4) is 0 Å². The Morgan fingerprint density at radius 3 is 2.35 bits per heavy atom. The van der Waals surface area contributed by atoms with Crippen LogP contribution in [-0.4, -0.2) is 27.5 Å². The first-order valence-electron chi connectivity index (χ1n) is 7.77. The summed E-state index contributed by atoms with van der Waals surface area (Å²) in [6.45, 7) is 1.87. The lowest BCUT2D eigenvalue weighted by atomic mass is 10.1. The number of hydrogen-bond donors (Lipinski definition) is 1. The van der Waals surface area contributed by atoms with E-state index in [-0.39, 0.29) is 18.0 Å². The van der Waals surface area contributed by atoms with E-state index in [1.165, 1.54) is 48.5 Å². The Hall–Kier alpha value is -3.55. The maximum atomic E-state index is 13.2. The fourth-order valence-corrected chi connectivity index (χ4v) is 2.42. The smallest absolute Gasteiger partial charge is 0.357 e. The molecule has 0 saturated carbocycles. The summed E-state index contributed by atoms with van der Waals surface area (Å²) in [4.78, 5) is 29.8. The van der Waals surface area contributed by atoms with E-state index in [1.54, 1.807) is 6.92 Å². The third kappa shape index (κ3) is 3.44. The number of ether oxygens (including phenoxy) is 1. The normalized spacial score (nSPS) is 10.5. The highest BCUT2D eigenvalue weighted by Gasteiger charge is 2.21. The van der Waals surface area contributed by atoms with Gasteiger partial charge in [-0.2, -0.15) is 0 Å². The molecule has 7 nitrogen and oxygen atoms in total. The SMILES string of the molecule is CCOC(=O)c1[nH]c(-c2ccc([N+](=O)[O-])cc2)nc1-c1ccc(F)cc1. The number of imidazole rings is 1. The number of halogens is 1. The second-order valence-electron chi connectivity index (χ2n) is 5.34. The number of carbonyl (C=O) groups is 1. The minimum absolute atomic E-state index is 0.0512. The fourth-order valence-electron chi connectivity index (χ4n) is 2.42. The van der Waals surface area contributed by atoms with E-state index in [0.717, 1.165) is 0 Å². The van der Waals surface area contributed by atoms with Crippen molar-refractivity contribution in [3.63, 3.8) is 0 Å². The van der Waals surface area contributed by atoms with Gasteiger partial charge in [-0.25, -0.2) is 14.2 Å². The summed E-state index contributed by atoms with van der Waals surface area (Å²) in [5, 5.41) is 10.8. The Kier molecular flexibility index (Phi) is 4.74. The molecule has 132 valence electrons. The minimum atomic E-state index is -0.590. The predicted octanol–water partition coefficient (Wildman–Crippen LogP) is 3.97. The summed E-state index contributed by atoms with van der Waals surface area (Å²) in [7, 11) is 0. The molecule has 0 fully saturated rings. The first kappa shape index (κ1) is 17.3. The Balaban J connectivity index is 2.07. The lowest BCUT2D eigenvalue weighted by molar-refractivity contribution is -0.384. The molecule has 0 aliphatic heterocycles. The van der Waals surface area contributed by atoms with Gasteiger partial charge in [0.15, 0.2) is 5.69 Å². The van der Waals surface area contributed by atoms with Crippen LogP contribution in [0.2, 0.25) is 0 Å². The predicted molar refractivity (Wildman–Crippen MR) is 92.0 cm³/mol. The molecule has 1 N–H and O–H groups in total. The van der Waals surface area contributed by atoms with Crippen molar-refractivity contribution in [1.82, 2.24) is 9.97 Å². The molecule has 8 heteroatoms. The molecular weight excluding hydrogens is 341 g/mol. The zero-order chi connectivity index (χ0) is 18.7. The van der Waals surface area contributed by atoms with Crippen LogP contribution in [-0.2, 0) is 4.74 Å². The molecule has 3 aromatic rings. The molecule has 0 saturated heterocycles. The average Bonchev–Trinajstić information content (AvgIpc) is 3.08. The number of non-ortho nitro benzene ring substituents is 1. The van der Waals surface area contributed by atoms with Crippen molar-refractivity contribution < 1.29 is 18.8 Å². The number of aromatic amines is 1. The van der Waals surface area contributed by atoms with Crippen LogP contribution < -0.4 is 0 Å². The van der Waals surface area contributed by atoms with E-state index in [0.29, 0.717) is 22.6 Å². The number of esters is 1. The Bertz CT molecular complexity index is 950. The van der Waals surface area contributed by atoms with Crippen molar-refractivity contribution >= 4 is 11.7 Å². The number of nitro benzene ring substituents is 1. The van der Waals surface area contributed by atoms with Crippen molar-refractivity contribution in [1.29, 1.82) is 0 Å². The Morgan fingerprint density at radius 2 is 1.77 bits per heavy atom. The summed E-state index contributed by atoms with van der Waals surface area (Å²) in [6, 6.07) is 11.3. The van der Waals surface area contributed by atoms with Crippen LogP contribution in [0, 0.1) is 15.9 Å². The number of carbonyl (C=O) groups excluding carboxylic acids is 1. The van der Waals surface area contributed by atoms with E-state index in [2.05, 4.69) is 9.97 Å². The minimum Gasteiger partial charge on any atom is -0.461 e. The number of rotatable bonds is 5. The van der Waals surface area contributed by atoms with Crippen molar-refractivity contribution in [3.8, 4) is 22.6 Å². The summed E-state index contributed by atoms with van der Waals surface area (Å²) in [5.41, 5.74) is 1.50. The number of nitrogens with one attached hydrogen (secondary N) is 1. The Labute approximate surface area is 147 Å². The number of nitro groups is 1. The molecular formula is C18H14FN3O4. The number of aromatic nitrogens is 2. The highest BCUT2D eigenvalue weighted by atomic mass is 19.1. The molecule has 1 aromatic heterocycles. The molecule has 1 heterocycles. The van der Waals surface area contributed by atoms with Gasteiger partial charge in [0.25, 0.3) is 5.69 Å². The van der Waals surface area contributed by atoms with Gasteiger partial charge < -0.3 is 9.72 Å². The largest absolute Gasteiger partial charge is 0.461 e. The standard InChI is InChI=1S/C18H14FN3O4/c1-2-26-18(23)16-15(11-3-7-13(19)8-4-11)20-17(21-16)12-5-9-14(10-6-12)22(24)25/h3-10H,2H2,1H3,(H,20,21). The van der Waals surface area contributed by atoms with Crippen molar-refractivity contribution in [2.24, 2.45) is 0 Å². The lowest BCUT2D eigenvalue weighted by Crippen LogP contribution is -2.06. The highest BCUT2D eigenvalue weighted by Crippen LogP contribution is 2.28. The van der Waals surface area contributed by atoms with Crippen LogP contribution in [0.1, 0.15) is 17.4 Å². The van der Waals surface area contributed by atoms with E-state index < -0.39 is 16.7 Å². The van der Waals surface area contributed by atoms with E-state index in [4.69, 9.17) is 4.74 Å². The molecule has 0 spiro atoms. The average molecular weight is 355 g/mol. The topological polar surface area (TPSA) is 98.1 Å². The van der Waals surface area contributed by atoms with Gasteiger partial charge in [0, 0.05) is 23.3 Å². The molecule has 0 atom stereocenters. The van der Waals surface area contributed by atoms with Crippen LogP contribution in [0.4, 0.5) is 10.1 Å². The molecule has 0 aliphatic rings. The third-order valence-electron chi connectivity index (χ3n) is 3.65. The van der Waals surface area contributed by atoms with Crippen LogP contribution in [0.25, 0.3) is 22.6 Å². The summed E-state index contributed by atoms with van der Waals surface area (Å²) in [6.07, 6.45) is 0. The van der Waals surface area contributed by atoms with Crippen molar-refractivity contribution in [2.75, 3.05) is 6.61 Å². The van der Waals surface area contributed by atoms with Gasteiger partial charge in [-0.1, -0.05) is 0 Å². The van der Waals surface area contributed by atoms with E-state index >= 15 is 0 Å². The first-order chi connectivity index (χ1) is 12.5. The second kappa shape index (κ2) is 7.14. The van der Waals surface area contributed by atoms with Gasteiger partial charge in [-0.3, -0.25) is 10.1 Å². The maximum Gasteiger partial charge on any atom is 0.357 e. The molecule has 0 amide bonds. The summed E-state index contributed by atoms with van der Waals surface area (Å²) >= 11 is 0. The zero-order valence-corrected chi connectivity index (χ0v) is 13.7. The molecule has 0 unspecified atom stereocenters. The maximum absolute atomic E-state index is 13.2. The number of hydrogen-bond acceptors (Lipinski definition) is 5. The van der Waals surface area contributed by atoms with Crippen LogP contribution >= 0.6 is 0 Å². The van der Waals surface area contributed by atoms with Gasteiger partial charge in [0.1, 0.15) is 17.3 Å². The van der Waals surface area contributed by atoms with Crippen molar-refractivity contribution in [2.45, 2.75) is 6.92 Å². The second-order valence-corrected chi connectivity index (χ2v) is 5.34. The monoisotopic (exact) mass is 355 g/mol. The van der Waals surface area contributed by atoms with Gasteiger partial charge in [0.05, 0.1) is 11.5 Å². The number of benzene rings is 2. The lowest BCUT2D eigenvalue weighted by Gasteiger charge is -2.02. The van der Waals surface area contributed by atoms with E-state index in [9.17, 15) is 19.3 Å². The molecule has 0 bridgehead atoms. The van der Waals surface area contributed by atoms with Crippen LogP contribution in [0.5, 0.6) is 0 Å².